The number of oxazole rings is 1. The Morgan fingerprint density at radius 1 is 1.11 bits per heavy atom. The van der Waals surface area contributed by atoms with Gasteiger partial charge in [-0.2, -0.15) is 4.98 Å². The number of aryl methyl sites for hydroxylation is 1. The standard InChI is InChI=1S/C18H16ClN5O4/c1-22-14-13(16(25)23(2)18(22)26)24(17(19)21-14)8-11-9-28-15(20-11)10-4-6-12(27-3)7-5-10/h4-7,9H,8H2,1-3H3. The molecule has 0 fully saturated rings. The van der Waals surface area contributed by atoms with Crippen molar-refractivity contribution in [3.8, 4) is 17.2 Å². The van der Waals surface area contributed by atoms with E-state index in [0.717, 1.165) is 15.9 Å². The van der Waals surface area contributed by atoms with Crippen molar-refractivity contribution in [1.82, 2.24) is 23.7 Å². The molecular formula is C18H16ClN5O4. The van der Waals surface area contributed by atoms with Crippen LogP contribution in [-0.2, 0) is 20.6 Å². The number of rotatable bonds is 4. The molecule has 0 radical (unpaired) electrons. The number of nitrogens with zero attached hydrogens (tertiary/aromatic N) is 5. The van der Waals surface area contributed by atoms with Gasteiger partial charge in [0.15, 0.2) is 11.2 Å². The zero-order valence-electron chi connectivity index (χ0n) is 15.3. The molecule has 0 spiro atoms. The third kappa shape index (κ3) is 2.80. The largest absolute Gasteiger partial charge is 0.497 e. The van der Waals surface area contributed by atoms with Gasteiger partial charge in [0.2, 0.25) is 11.2 Å². The van der Waals surface area contributed by atoms with Crippen LogP contribution in [0, 0.1) is 0 Å². The Labute approximate surface area is 163 Å². The fraction of sp³-hybridized carbons (Fsp3) is 0.222. The summed E-state index contributed by atoms with van der Waals surface area (Å²) in [7, 11) is 4.54. The van der Waals surface area contributed by atoms with Gasteiger partial charge in [-0.3, -0.25) is 13.9 Å². The van der Waals surface area contributed by atoms with Crippen molar-refractivity contribution in [2.45, 2.75) is 6.54 Å². The van der Waals surface area contributed by atoms with Gasteiger partial charge in [0.1, 0.15) is 12.0 Å². The molecule has 0 unspecified atom stereocenters. The van der Waals surface area contributed by atoms with E-state index in [1.54, 1.807) is 7.11 Å². The van der Waals surface area contributed by atoms with Crippen LogP contribution in [0.25, 0.3) is 22.6 Å². The monoisotopic (exact) mass is 401 g/mol. The Balaban J connectivity index is 1.75. The Kier molecular flexibility index (Phi) is 4.31. The number of aromatic nitrogens is 5. The highest BCUT2D eigenvalue weighted by atomic mass is 35.5. The molecule has 0 N–H and O–H groups in total. The first-order valence-corrected chi connectivity index (χ1v) is 8.69. The smallest absolute Gasteiger partial charge is 0.332 e. The molecule has 0 atom stereocenters. The van der Waals surface area contributed by atoms with Crippen LogP contribution >= 0.6 is 11.6 Å². The minimum atomic E-state index is -0.476. The molecule has 3 heterocycles. The lowest BCUT2D eigenvalue weighted by atomic mass is 10.2. The van der Waals surface area contributed by atoms with Crippen molar-refractivity contribution >= 4 is 22.8 Å². The van der Waals surface area contributed by atoms with E-state index in [-0.39, 0.29) is 23.0 Å². The number of benzene rings is 1. The van der Waals surface area contributed by atoms with Crippen molar-refractivity contribution < 1.29 is 9.15 Å². The number of methoxy groups -OCH3 is 1. The third-order valence-corrected chi connectivity index (χ3v) is 4.80. The molecule has 4 rings (SSSR count). The van der Waals surface area contributed by atoms with Crippen molar-refractivity contribution in [2.75, 3.05) is 7.11 Å². The SMILES string of the molecule is COc1ccc(-c2nc(Cn3c(Cl)nc4c3c(=O)n(C)c(=O)n4C)co2)cc1. The molecule has 28 heavy (non-hydrogen) atoms. The predicted octanol–water partition coefficient (Wildman–Crippen LogP) is 1.80. The van der Waals surface area contributed by atoms with E-state index in [0.29, 0.717) is 11.6 Å². The highest BCUT2D eigenvalue weighted by Gasteiger charge is 2.19. The van der Waals surface area contributed by atoms with Crippen LogP contribution in [0.1, 0.15) is 5.69 Å². The lowest BCUT2D eigenvalue weighted by Gasteiger charge is -2.05. The van der Waals surface area contributed by atoms with E-state index in [2.05, 4.69) is 9.97 Å². The maximum Gasteiger partial charge on any atom is 0.332 e. The minimum Gasteiger partial charge on any atom is -0.497 e. The van der Waals surface area contributed by atoms with Gasteiger partial charge in [0.25, 0.3) is 5.56 Å². The number of imidazole rings is 1. The van der Waals surface area contributed by atoms with Gasteiger partial charge in [-0.05, 0) is 35.9 Å². The predicted molar refractivity (Wildman–Crippen MR) is 103 cm³/mol. The van der Waals surface area contributed by atoms with Gasteiger partial charge in [0, 0.05) is 19.7 Å². The zero-order chi connectivity index (χ0) is 20.0. The quantitative estimate of drug-likeness (QED) is 0.484. The molecule has 0 aliphatic heterocycles. The Hall–Kier alpha value is -3.33. The molecule has 10 heteroatoms. The summed E-state index contributed by atoms with van der Waals surface area (Å²) < 4.78 is 14.5. The second-order valence-corrected chi connectivity index (χ2v) is 6.56. The second-order valence-electron chi connectivity index (χ2n) is 6.22. The lowest BCUT2D eigenvalue weighted by Crippen LogP contribution is -2.37. The molecule has 3 aromatic heterocycles. The topological polar surface area (TPSA) is 97.1 Å². The summed E-state index contributed by atoms with van der Waals surface area (Å²) in [4.78, 5) is 33.3. The van der Waals surface area contributed by atoms with Gasteiger partial charge >= 0.3 is 5.69 Å². The summed E-state index contributed by atoms with van der Waals surface area (Å²) in [5.74, 6) is 1.16. The maximum absolute atomic E-state index is 12.6. The lowest BCUT2D eigenvalue weighted by molar-refractivity contribution is 0.415. The minimum absolute atomic E-state index is 0.0855. The highest BCUT2D eigenvalue weighted by molar-refractivity contribution is 6.29. The molecule has 0 aliphatic rings. The van der Waals surface area contributed by atoms with E-state index in [1.807, 2.05) is 24.3 Å². The maximum atomic E-state index is 12.6. The molecule has 0 bridgehead atoms. The number of hydrogen-bond acceptors (Lipinski definition) is 6. The molecule has 4 aromatic rings. The van der Waals surface area contributed by atoms with E-state index < -0.39 is 11.2 Å². The Morgan fingerprint density at radius 3 is 2.50 bits per heavy atom. The number of hydrogen-bond donors (Lipinski definition) is 0. The van der Waals surface area contributed by atoms with Crippen LogP contribution in [-0.4, -0.2) is 30.8 Å². The molecule has 0 saturated heterocycles. The van der Waals surface area contributed by atoms with Gasteiger partial charge < -0.3 is 13.7 Å². The molecule has 0 aliphatic carbocycles. The van der Waals surface area contributed by atoms with E-state index >= 15 is 0 Å². The van der Waals surface area contributed by atoms with Crippen LogP contribution in [0.15, 0.2) is 44.5 Å². The van der Waals surface area contributed by atoms with Gasteiger partial charge in [-0.1, -0.05) is 0 Å². The van der Waals surface area contributed by atoms with E-state index in [9.17, 15) is 9.59 Å². The summed E-state index contributed by atoms with van der Waals surface area (Å²) in [6.45, 7) is 0.169. The van der Waals surface area contributed by atoms with Crippen LogP contribution < -0.4 is 16.0 Å². The first kappa shape index (κ1) is 18.1. The van der Waals surface area contributed by atoms with Crippen LogP contribution in [0.3, 0.4) is 0 Å². The second kappa shape index (κ2) is 6.68. The first-order valence-electron chi connectivity index (χ1n) is 8.31. The van der Waals surface area contributed by atoms with Crippen LogP contribution in [0.4, 0.5) is 0 Å². The molecule has 1 aromatic carbocycles. The van der Waals surface area contributed by atoms with Crippen molar-refractivity contribution in [1.29, 1.82) is 0 Å². The van der Waals surface area contributed by atoms with Gasteiger partial charge in [-0.15, -0.1) is 0 Å². The first-order chi connectivity index (χ1) is 13.4. The number of halogens is 1. The van der Waals surface area contributed by atoms with Crippen LogP contribution in [0.2, 0.25) is 5.28 Å². The highest BCUT2D eigenvalue weighted by Crippen LogP contribution is 2.23. The summed E-state index contributed by atoms with van der Waals surface area (Å²) >= 11 is 6.24. The number of fused-ring (bicyclic) bond motifs is 1. The fourth-order valence-corrected chi connectivity index (χ4v) is 3.20. The summed E-state index contributed by atoms with van der Waals surface area (Å²) in [5.41, 5.74) is 0.842. The van der Waals surface area contributed by atoms with E-state index in [4.69, 9.17) is 20.8 Å². The van der Waals surface area contributed by atoms with Crippen molar-refractivity contribution in [3.63, 3.8) is 0 Å². The summed E-state index contributed by atoms with van der Waals surface area (Å²) in [6, 6.07) is 7.28. The molecular weight excluding hydrogens is 386 g/mol. The summed E-state index contributed by atoms with van der Waals surface area (Å²) in [5, 5.41) is 0.0855. The molecule has 9 nitrogen and oxygen atoms in total. The fourth-order valence-electron chi connectivity index (χ4n) is 2.97. The zero-order valence-corrected chi connectivity index (χ0v) is 16.1. The van der Waals surface area contributed by atoms with Crippen LogP contribution in [0.5, 0.6) is 5.75 Å². The van der Waals surface area contributed by atoms with Gasteiger partial charge in [-0.25, -0.2) is 9.78 Å². The average Bonchev–Trinajstić information content (AvgIpc) is 3.30. The molecule has 144 valence electrons. The Bertz CT molecular complexity index is 1300. The third-order valence-electron chi connectivity index (χ3n) is 4.51. The van der Waals surface area contributed by atoms with Crippen molar-refractivity contribution in [3.05, 3.63) is 62.3 Å². The molecule has 0 saturated carbocycles. The normalized spacial score (nSPS) is 11.3. The Morgan fingerprint density at radius 2 is 1.82 bits per heavy atom. The number of ether oxygens (including phenoxy) is 1. The van der Waals surface area contributed by atoms with Gasteiger partial charge in [0.05, 0.1) is 19.3 Å². The van der Waals surface area contributed by atoms with Crippen molar-refractivity contribution in [2.24, 2.45) is 14.1 Å². The average molecular weight is 402 g/mol. The van der Waals surface area contributed by atoms with E-state index in [1.165, 1.54) is 29.5 Å². The summed E-state index contributed by atoms with van der Waals surface area (Å²) in [6.07, 6.45) is 1.49. The molecule has 0 amide bonds.